The number of nitrogens with two attached hydrogens (primary N) is 1. The molecule has 0 aromatic carbocycles. The zero-order valence-electron chi connectivity index (χ0n) is 6.99. The van der Waals surface area contributed by atoms with E-state index >= 15 is 0 Å². The third kappa shape index (κ3) is 1.93. The second-order valence-electron chi connectivity index (χ2n) is 2.54. The molecule has 0 radical (unpaired) electrons. The number of hydrogen-bond donors (Lipinski definition) is 3. The molecule has 0 bridgehead atoms. The lowest BCUT2D eigenvalue weighted by Gasteiger charge is -2.12. The van der Waals surface area contributed by atoms with Crippen molar-refractivity contribution < 1.29 is 5.11 Å². The molecule has 0 unspecified atom stereocenters. The van der Waals surface area contributed by atoms with Crippen LogP contribution < -0.4 is 11.1 Å². The molecule has 1 heterocycles. The number of likely N-dealkylation sites (N-methyl/N-ethyl adjacent to an activating group) is 1. The summed E-state index contributed by atoms with van der Waals surface area (Å²) in [5.41, 5.74) is 6.35. The highest BCUT2D eigenvalue weighted by atomic mass is 16.3. The molecule has 1 rings (SSSR count). The summed E-state index contributed by atoms with van der Waals surface area (Å²) in [5.74, 6) is 0.492. The molecule has 1 aromatic rings. The summed E-state index contributed by atoms with van der Waals surface area (Å²) in [6.07, 6.45) is 1.66. The van der Waals surface area contributed by atoms with Crippen LogP contribution in [0.1, 0.15) is 11.6 Å². The lowest BCUT2D eigenvalue weighted by molar-refractivity contribution is 0.251. The molecule has 0 saturated carbocycles. The van der Waals surface area contributed by atoms with Gasteiger partial charge in [0.15, 0.2) is 0 Å². The Hall–Kier alpha value is -1.13. The molecule has 0 fully saturated rings. The first kappa shape index (κ1) is 8.96. The van der Waals surface area contributed by atoms with Crippen molar-refractivity contribution in [2.45, 2.75) is 6.04 Å². The normalized spacial score (nSPS) is 12.8. The van der Waals surface area contributed by atoms with Crippen molar-refractivity contribution in [3.8, 4) is 0 Å². The maximum atomic E-state index is 8.93. The van der Waals surface area contributed by atoms with Gasteiger partial charge in [-0.3, -0.25) is 0 Å². The van der Waals surface area contributed by atoms with Crippen molar-refractivity contribution in [3.05, 3.63) is 23.9 Å². The van der Waals surface area contributed by atoms with Gasteiger partial charge in [-0.2, -0.15) is 0 Å². The molecule has 66 valence electrons. The zero-order chi connectivity index (χ0) is 8.97. The summed E-state index contributed by atoms with van der Waals surface area (Å²) in [6, 6.07) is 3.51. The van der Waals surface area contributed by atoms with Crippen LogP contribution in [0.25, 0.3) is 0 Å². The predicted molar refractivity (Wildman–Crippen MR) is 47.5 cm³/mol. The Morgan fingerprint density at radius 1 is 1.67 bits per heavy atom. The van der Waals surface area contributed by atoms with Crippen LogP contribution in [0.15, 0.2) is 18.3 Å². The number of hydrogen-bond acceptors (Lipinski definition) is 4. The first-order valence-corrected chi connectivity index (χ1v) is 3.77. The van der Waals surface area contributed by atoms with E-state index in [2.05, 4.69) is 10.3 Å². The minimum Gasteiger partial charge on any atom is -0.394 e. The molecule has 0 spiro atoms. The summed E-state index contributed by atoms with van der Waals surface area (Å²) in [6.45, 7) is 0.0576. The monoisotopic (exact) mass is 167 g/mol. The third-order valence-electron chi connectivity index (χ3n) is 1.74. The molecular formula is C8H13N3O. The summed E-state index contributed by atoms with van der Waals surface area (Å²) in [7, 11) is 1.79. The van der Waals surface area contributed by atoms with Crippen molar-refractivity contribution in [3.63, 3.8) is 0 Å². The van der Waals surface area contributed by atoms with E-state index in [1.54, 1.807) is 19.3 Å². The summed E-state index contributed by atoms with van der Waals surface area (Å²) in [4.78, 5) is 3.92. The smallest absolute Gasteiger partial charge is 0.123 e. The number of anilines is 1. The van der Waals surface area contributed by atoms with E-state index in [0.717, 1.165) is 5.56 Å². The lowest BCUT2D eigenvalue weighted by atomic mass is 10.1. The Labute approximate surface area is 71.4 Å². The van der Waals surface area contributed by atoms with Gasteiger partial charge in [-0.25, -0.2) is 4.98 Å². The second-order valence-corrected chi connectivity index (χ2v) is 2.54. The molecule has 4 heteroatoms. The Kier molecular flexibility index (Phi) is 3.01. The van der Waals surface area contributed by atoms with E-state index in [-0.39, 0.29) is 12.6 Å². The number of nitrogen functional groups attached to an aromatic ring is 1. The number of rotatable bonds is 3. The molecule has 0 aliphatic carbocycles. The lowest BCUT2D eigenvalue weighted by Crippen LogP contribution is -2.20. The fraction of sp³-hybridized carbons (Fsp3) is 0.375. The molecule has 1 atom stereocenters. The number of nitrogens with zero attached hydrogens (tertiary/aromatic N) is 1. The number of aliphatic hydroxyl groups excluding tert-OH is 1. The average Bonchev–Trinajstić information content (AvgIpc) is 2.10. The molecule has 0 amide bonds. The average molecular weight is 167 g/mol. The maximum absolute atomic E-state index is 8.93. The number of nitrogens with one attached hydrogen (secondary N) is 1. The van der Waals surface area contributed by atoms with E-state index in [9.17, 15) is 0 Å². The molecule has 4 nitrogen and oxygen atoms in total. The van der Waals surface area contributed by atoms with Gasteiger partial charge in [-0.05, 0) is 18.7 Å². The van der Waals surface area contributed by atoms with Gasteiger partial charge < -0.3 is 16.2 Å². The van der Waals surface area contributed by atoms with Crippen LogP contribution in [-0.4, -0.2) is 23.7 Å². The van der Waals surface area contributed by atoms with Crippen molar-refractivity contribution >= 4 is 5.82 Å². The Bertz CT molecular complexity index is 231. The van der Waals surface area contributed by atoms with Crippen LogP contribution in [-0.2, 0) is 0 Å². The minimum atomic E-state index is -0.0573. The quantitative estimate of drug-likeness (QED) is 0.588. The fourth-order valence-electron chi connectivity index (χ4n) is 0.986. The molecule has 0 saturated heterocycles. The van der Waals surface area contributed by atoms with E-state index in [1.807, 2.05) is 6.07 Å². The van der Waals surface area contributed by atoms with Gasteiger partial charge in [-0.1, -0.05) is 6.07 Å². The van der Waals surface area contributed by atoms with Gasteiger partial charge in [0.1, 0.15) is 5.82 Å². The third-order valence-corrected chi connectivity index (χ3v) is 1.74. The minimum absolute atomic E-state index is 0.0573. The maximum Gasteiger partial charge on any atom is 0.123 e. The standard InChI is InChI=1S/C8H13N3O/c1-10-7(5-12)6-2-3-8(9)11-4-6/h2-4,7,10,12H,5H2,1H3,(H2,9,11)/t7-/m0/s1. The van der Waals surface area contributed by atoms with E-state index in [0.29, 0.717) is 5.82 Å². The second kappa shape index (κ2) is 4.04. The van der Waals surface area contributed by atoms with Crippen molar-refractivity contribution in [1.82, 2.24) is 10.3 Å². The first-order chi connectivity index (χ1) is 5.77. The first-order valence-electron chi connectivity index (χ1n) is 3.77. The highest BCUT2D eigenvalue weighted by Crippen LogP contribution is 2.10. The number of aromatic nitrogens is 1. The van der Waals surface area contributed by atoms with Gasteiger partial charge in [0.2, 0.25) is 0 Å². The van der Waals surface area contributed by atoms with E-state index in [4.69, 9.17) is 10.8 Å². The molecule has 1 aromatic heterocycles. The largest absolute Gasteiger partial charge is 0.394 e. The van der Waals surface area contributed by atoms with Crippen LogP contribution in [0.3, 0.4) is 0 Å². The van der Waals surface area contributed by atoms with Crippen molar-refractivity contribution in [2.24, 2.45) is 0 Å². The van der Waals surface area contributed by atoms with Crippen LogP contribution >= 0.6 is 0 Å². The van der Waals surface area contributed by atoms with Gasteiger partial charge >= 0.3 is 0 Å². The summed E-state index contributed by atoms with van der Waals surface area (Å²) >= 11 is 0. The summed E-state index contributed by atoms with van der Waals surface area (Å²) in [5, 5.41) is 11.9. The van der Waals surface area contributed by atoms with Crippen LogP contribution in [0.5, 0.6) is 0 Å². The Balaban J connectivity index is 2.80. The highest BCUT2D eigenvalue weighted by Gasteiger charge is 2.06. The Morgan fingerprint density at radius 2 is 2.42 bits per heavy atom. The van der Waals surface area contributed by atoms with Gasteiger partial charge in [0.25, 0.3) is 0 Å². The zero-order valence-corrected chi connectivity index (χ0v) is 6.99. The molecule has 12 heavy (non-hydrogen) atoms. The van der Waals surface area contributed by atoms with Gasteiger partial charge in [0.05, 0.1) is 12.6 Å². The number of pyridine rings is 1. The fourth-order valence-corrected chi connectivity index (χ4v) is 0.986. The van der Waals surface area contributed by atoms with Crippen LogP contribution in [0.2, 0.25) is 0 Å². The van der Waals surface area contributed by atoms with Crippen molar-refractivity contribution in [2.75, 3.05) is 19.4 Å². The van der Waals surface area contributed by atoms with Gasteiger partial charge in [-0.15, -0.1) is 0 Å². The topological polar surface area (TPSA) is 71.2 Å². The summed E-state index contributed by atoms with van der Waals surface area (Å²) < 4.78 is 0. The van der Waals surface area contributed by atoms with Gasteiger partial charge in [0, 0.05) is 6.20 Å². The van der Waals surface area contributed by atoms with Crippen molar-refractivity contribution in [1.29, 1.82) is 0 Å². The van der Waals surface area contributed by atoms with E-state index in [1.165, 1.54) is 0 Å². The SMILES string of the molecule is CN[C@@H](CO)c1ccc(N)nc1. The molecule has 4 N–H and O–H groups in total. The van der Waals surface area contributed by atoms with E-state index < -0.39 is 0 Å². The molecular weight excluding hydrogens is 154 g/mol. The van der Waals surface area contributed by atoms with Crippen LogP contribution in [0.4, 0.5) is 5.82 Å². The molecule has 0 aliphatic heterocycles. The molecule has 0 aliphatic rings. The predicted octanol–water partition coefficient (Wildman–Crippen LogP) is -0.0834. The Morgan fingerprint density at radius 3 is 2.83 bits per heavy atom. The number of aliphatic hydroxyl groups is 1. The van der Waals surface area contributed by atoms with Crippen LogP contribution in [0, 0.1) is 0 Å². The highest BCUT2D eigenvalue weighted by molar-refractivity contribution is 5.30.